The van der Waals surface area contributed by atoms with Crippen LogP contribution in [0.5, 0.6) is 0 Å². The number of aromatic nitrogens is 2. The van der Waals surface area contributed by atoms with Crippen LogP contribution in [0, 0.1) is 13.8 Å². The van der Waals surface area contributed by atoms with Crippen LogP contribution in [0.25, 0.3) is 0 Å². The number of rotatable bonds is 5. The van der Waals surface area contributed by atoms with E-state index < -0.39 is 22.7 Å². The highest BCUT2D eigenvalue weighted by molar-refractivity contribution is 7.89. The fourth-order valence-electron chi connectivity index (χ4n) is 3.16. The Balaban J connectivity index is 1.63. The summed E-state index contributed by atoms with van der Waals surface area (Å²) in [5.74, 6) is 0.327. The van der Waals surface area contributed by atoms with Gasteiger partial charge >= 0.3 is 6.18 Å². The van der Waals surface area contributed by atoms with E-state index in [0.717, 1.165) is 14.3 Å². The summed E-state index contributed by atoms with van der Waals surface area (Å²) >= 11 is 1.45. The molecule has 2 aromatic rings. The van der Waals surface area contributed by atoms with Crippen molar-refractivity contribution in [1.29, 1.82) is 0 Å². The van der Waals surface area contributed by atoms with Gasteiger partial charge in [-0.3, -0.25) is 4.90 Å². The predicted molar refractivity (Wildman–Crippen MR) is 96.1 cm³/mol. The summed E-state index contributed by atoms with van der Waals surface area (Å²) in [6.07, 6.45) is -1.65. The molecule has 0 atom stereocenters. The maximum atomic E-state index is 12.8. The van der Waals surface area contributed by atoms with Crippen LogP contribution in [0.1, 0.15) is 15.6 Å². The normalized spacial score (nSPS) is 17.5. The molecule has 1 saturated heterocycles. The van der Waals surface area contributed by atoms with Gasteiger partial charge in [0.25, 0.3) is 0 Å². The number of piperazine rings is 1. The molecule has 0 radical (unpaired) electrons. The minimum Gasteiger partial charge on any atom is -0.325 e. The van der Waals surface area contributed by atoms with Crippen molar-refractivity contribution in [3.05, 3.63) is 34.0 Å². The number of hydrogen-bond donors (Lipinski definition) is 0. The lowest BCUT2D eigenvalue weighted by Crippen LogP contribution is -2.48. The number of thiophene rings is 1. The minimum atomic E-state index is -4.31. The van der Waals surface area contributed by atoms with Crippen LogP contribution in [-0.2, 0) is 23.1 Å². The van der Waals surface area contributed by atoms with E-state index in [1.807, 2.05) is 11.8 Å². The van der Waals surface area contributed by atoms with E-state index in [2.05, 4.69) is 4.98 Å². The molecular formula is C16H21F3N4O2S2. The molecule has 0 saturated carbocycles. The van der Waals surface area contributed by atoms with Gasteiger partial charge in [-0.2, -0.15) is 17.5 Å². The van der Waals surface area contributed by atoms with Gasteiger partial charge in [-0.15, -0.1) is 11.3 Å². The monoisotopic (exact) mass is 422 g/mol. The van der Waals surface area contributed by atoms with Crippen LogP contribution < -0.4 is 0 Å². The molecule has 6 nitrogen and oxygen atoms in total. The quantitative estimate of drug-likeness (QED) is 0.743. The molecule has 0 aliphatic carbocycles. The fraction of sp³-hybridized carbons (Fsp3) is 0.562. The first kappa shape index (κ1) is 20.3. The molecule has 0 bridgehead atoms. The Morgan fingerprint density at radius 2 is 1.85 bits per heavy atom. The van der Waals surface area contributed by atoms with Gasteiger partial charge in [0.15, 0.2) is 0 Å². The number of imidazole rings is 1. The summed E-state index contributed by atoms with van der Waals surface area (Å²) < 4.78 is 66.0. The SMILES string of the molecule is Cc1cc(S(=O)(=O)N2CCN(Cc3nccn3CC(F)(F)F)CC2)c(C)s1. The van der Waals surface area contributed by atoms with Crippen LogP contribution in [0.4, 0.5) is 13.2 Å². The average molecular weight is 422 g/mol. The molecule has 27 heavy (non-hydrogen) atoms. The second-order valence-corrected chi connectivity index (χ2v) is 9.91. The highest BCUT2D eigenvalue weighted by atomic mass is 32.2. The standard InChI is InChI=1S/C16H21F3N4O2S2/c1-12-9-14(13(2)26-12)27(24,25)23-7-5-21(6-8-23)10-15-20-3-4-22(15)11-16(17,18)19/h3-4,9H,5-8,10-11H2,1-2H3. The smallest absolute Gasteiger partial charge is 0.325 e. The third-order valence-electron chi connectivity index (χ3n) is 4.46. The van der Waals surface area contributed by atoms with E-state index in [1.165, 1.54) is 28.0 Å². The first-order valence-electron chi connectivity index (χ1n) is 8.42. The van der Waals surface area contributed by atoms with Crippen molar-refractivity contribution in [3.63, 3.8) is 0 Å². The lowest BCUT2D eigenvalue weighted by Gasteiger charge is -2.33. The predicted octanol–water partition coefficient (Wildman–Crippen LogP) is 2.63. The Labute approximate surface area is 160 Å². The summed E-state index contributed by atoms with van der Waals surface area (Å²) in [4.78, 5) is 8.00. The lowest BCUT2D eigenvalue weighted by molar-refractivity contribution is -0.141. The zero-order valence-electron chi connectivity index (χ0n) is 15.0. The maximum Gasteiger partial charge on any atom is 0.406 e. The van der Waals surface area contributed by atoms with Gasteiger partial charge in [-0.25, -0.2) is 13.4 Å². The fourth-order valence-corrected chi connectivity index (χ4v) is 6.11. The molecule has 0 unspecified atom stereocenters. The van der Waals surface area contributed by atoms with Crippen molar-refractivity contribution in [2.24, 2.45) is 0 Å². The topological polar surface area (TPSA) is 58.4 Å². The highest BCUT2D eigenvalue weighted by Gasteiger charge is 2.32. The maximum absolute atomic E-state index is 12.8. The molecule has 11 heteroatoms. The summed E-state index contributed by atoms with van der Waals surface area (Å²) in [5, 5.41) is 0. The molecule has 0 amide bonds. The zero-order valence-corrected chi connectivity index (χ0v) is 16.7. The van der Waals surface area contributed by atoms with Crippen LogP contribution in [0.3, 0.4) is 0 Å². The van der Waals surface area contributed by atoms with E-state index in [4.69, 9.17) is 0 Å². The molecule has 3 rings (SSSR count). The molecule has 0 aromatic carbocycles. The Kier molecular flexibility index (Phi) is 5.67. The van der Waals surface area contributed by atoms with Gasteiger partial charge in [0.05, 0.1) is 11.4 Å². The molecule has 0 spiro atoms. The van der Waals surface area contributed by atoms with Gasteiger partial charge in [0, 0.05) is 48.3 Å². The van der Waals surface area contributed by atoms with E-state index in [9.17, 15) is 21.6 Å². The zero-order chi connectivity index (χ0) is 19.8. The molecule has 1 fully saturated rings. The number of nitrogens with zero attached hydrogens (tertiary/aromatic N) is 4. The van der Waals surface area contributed by atoms with Gasteiger partial charge in [0.1, 0.15) is 12.4 Å². The Bertz CT molecular complexity index is 897. The number of halogens is 3. The number of alkyl halides is 3. The van der Waals surface area contributed by atoms with E-state index in [1.54, 1.807) is 13.0 Å². The van der Waals surface area contributed by atoms with Crippen molar-refractivity contribution < 1.29 is 21.6 Å². The summed E-state index contributed by atoms with van der Waals surface area (Å²) in [5.41, 5.74) is 0. The highest BCUT2D eigenvalue weighted by Crippen LogP contribution is 2.28. The van der Waals surface area contributed by atoms with Crippen LogP contribution >= 0.6 is 11.3 Å². The number of hydrogen-bond acceptors (Lipinski definition) is 5. The Morgan fingerprint density at radius 1 is 1.19 bits per heavy atom. The summed E-state index contributed by atoms with van der Waals surface area (Å²) in [7, 11) is -3.54. The molecule has 1 aliphatic heterocycles. The third-order valence-corrected chi connectivity index (χ3v) is 7.58. The largest absolute Gasteiger partial charge is 0.406 e. The van der Waals surface area contributed by atoms with Crippen LogP contribution in [0.15, 0.2) is 23.4 Å². The first-order valence-corrected chi connectivity index (χ1v) is 10.7. The average Bonchev–Trinajstić information content (AvgIpc) is 3.12. The van der Waals surface area contributed by atoms with E-state index in [-0.39, 0.29) is 6.54 Å². The van der Waals surface area contributed by atoms with Crippen molar-refractivity contribution in [1.82, 2.24) is 18.8 Å². The Morgan fingerprint density at radius 3 is 2.41 bits per heavy atom. The molecule has 0 N–H and O–H groups in total. The van der Waals surface area contributed by atoms with Crippen LogP contribution in [0.2, 0.25) is 0 Å². The molecule has 2 aromatic heterocycles. The second-order valence-electron chi connectivity index (χ2n) is 6.54. The van der Waals surface area contributed by atoms with Gasteiger partial charge in [-0.1, -0.05) is 0 Å². The van der Waals surface area contributed by atoms with E-state index in [0.29, 0.717) is 36.9 Å². The van der Waals surface area contributed by atoms with Crippen LogP contribution in [-0.4, -0.2) is 59.5 Å². The van der Waals surface area contributed by atoms with Gasteiger partial charge in [-0.05, 0) is 19.9 Å². The molecular weight excluding hydrogens is 401 g/mol. The van der Waals surface area contributed by atoms with Crippen molar-refractivity contribution in [2.45, 2.75) is 38.0 Å². The van der Waals surface area contributed by atoms with Crippen molar-refractivity contribution in [2.75, 3.05) is 26.2 Å². The minimum absolute atomic E-state index is 0.257. The third kappa shape index (κ3) is 4.71. The summed E-state index contributed by atoms with van der Waals surface area (Å²) in [6, 6.07) is 1.69. The second kappa shape index (κ2) is 7.53. The van der Waals surface area contributed by atoms with Gasteiger partial charge < -0.3 is 4.57 Å². The van der Waals surface area contributed by atoms with Crippen molar-refractivity contribution in [3.8, 4) is 0 Å². The van der Waals surface area contributed by atoms with Gasteiger partial charge in [0.2, 0.25) is 10.0 Å². The number of sulfonamides is 1. The lowest BCUT2D eigenvalue weighted by atomic mass is 10.3. The molecule has 3 heterocycles. The number of aryl methyl sites for hydroxylation is 2. The summed E-state index contributed by atoms with van der Waals surface area (Å²) in [6.45, 7) is 4.34. The van der Waals surface area contributed by atoms with E-state index >= 15 is 0 Å². The first-order chi connectivity index (χ1) is 12.6. The molecule has 150 valence electrons. The Hall–Kier alpha value is -1.43. The molecule has 1 aliphatic rings. The van der Waals surface area contributed by atoms with Crippen molar-refractivity contribution >= 4 is 21.4 Å².